The van der Waals surface area contributed by atoms with Crippen molar-refractivity contribution in [1.29, 1.82) is 0 Å². The normalized spacial score (nSPS) is 10.4. The smallest absolute Gasteiger partial charge is 0.234 e. The van der Waals surface area contributed by atoms with Crippen molar-refractivity contribution in [3.63, 3.8) is 0 Å². The summed E-state index contributed by atoms with van der Waals surface area (Å²) in [7, 11) is 1.90. The van der Waals surface area contributed by atoms with Gasteiger partial charge in [-0.2, -0.15) is 0 Å². The second-order valence-corrected chi connectivity index (χ2v) is 4.11. The van der Waals surface area contributed by atoms with Gasteiger partial charge in [0.25, 0.3) is 0 Å². The van der Waals surface area contributed by atoms with Crippen LogP contribution in [-0.4, -0.2) is 43.4 Å². The van der Waals surface area contributed by atoms with Crippen molar-refractivity contribution in [2.45, 2.75) is 32.6 Å². The number of likely N-dealkylation sites (N-methyl/N-ethyl adjacent to an activating group) is 1. The molecule has 0 aromatic heterocycles. The quantitative estimate of drug-likeness (QED) is 0.223. The summed E-state index contributed by atoms with van der Waals surface area (Å²) < 4.78 is 0. The Morgan fingerprint density at radius 1 is 1.24 bits per heavy atom. The van der Waals surface area contributed by atoms with E-state index in [1.807, 2.05) is 18.9 Å². The Balaban J connectivity index is 3.48. The van der Waals surface area contributed by atoms with Crippen LogP contribution in [0.3, 0.4) is 0 Å². The van der Waals surface area contributed by atoms with Gasteiger partial charge < -0.3 is 5.32 Å². The van der Waals surface area contributed by atoms with Gasteiger partial charge >= 0.3 is 0 Å². The van der Waals surface area contributed by atoms with Crippen molar-refractivity contribution in [3.8, 4) is 0 Å². The number of unbranched alkanes of at least 4 members (excludes halogenated alkanes) is 1. The first-order valence-electron chi connectivity index (χ1n) is 6.04. The van der Waals surface area contributed by atoms with Crippen LogP contribution in [0.15, 0.2) is 0 Å². The maximum absolute atomic E-state index is 11.4. The summed E-state index contributed by atoms with van der Waals surface area (Å²) >= 11 is 0. The number of carbonyl (C=O) groups excluding carboxylic acids is 2. The Morgan fingerprint density at radius 3 is 2.53 bits per heavy atom. The molecule has 4 N–H and O–H groups in total. The number of hydrogen-bond donors (Lipinski definition) is 3. The summed E-state index contributed by atoms with van der Waals surface area (Å²) in [5, 5.41) is 2.82. The van der Waals surface area contributed by atoms with Crippen molar-refractivity contribution >= 4 is 11.8 Å². The van der Waals surface area contributed by atoms with Crippen LogP contribution in [0.1, 0.15) is 32.6 Å². The number of nitrogens with one attached hydrogen (secondary N) is 2. The predicted molar refractivity (Wildman–Crippen MR) is 67.0 cm³/mol. The van der Waals surface area contributed by atoms with E-state index < -0.39 is 0 Å². The number of rotatable bonds is 9. The number of carbonyl (C=O) groups is 2. The minimum atomic E-state index is -0.145. The molecule has 0 aromatic rings. The van der Waals surface area contributed by atoms with Gasteiger partial charge in [-0.15, -0.1) is 0 Å². The largest absolute Gasteiger partial charge is 0.355 e. The molecule has 0 saturated carbocycles. The highest BCUT2D eigenvalue weighted by Crippen LogP contribution is 1.97. The topological polar surface area (TPSA) is 87.5 Å². The number of nitrogens with zero attached hydrogens (tertiary/aromatic N) is 1. The lowest BCUT2D eigenvalue weighted by Crippen LogP contribution is -2.36. The molecule has 0 spiro atoms. The van der Waals surface area contributed by atoms with Crippen molar-refractivity contribution in [1.82, 2.24) is 15.6 Å². The minimum Gasteiger partial charge on any atom is -0.355 e. The second-order valence-electron chi connectivity index (χ2n) is 4.11. The lowest BCUT2D eigenvalue weighted by Gasteiger charge is -2.15. The first kappa shape index (κ1) is 15.9. The van der Waals surface area contributed by atoms with Crippen molar-refractivity contribution in [2.24, 2.45) is 5.84 Å². The second kappa shape index (κ2) is 10.0. The zero-order valence-electron chi connectivity index (χ0n) is 10.8. The molecular weight excluding hydrogens is 220 g/mol. The Kier molecular flexibility index (Phi) is 9.37. The molecular formula is C11H24N4O2. The predicted octanol–water partition coefficient (Wildman–Crippen LogP) is -0.395. The minimum absolute atomic E-state index is 0.0500. The summed E-state index contributed by atoms with van der Waals surface area (Å²) in [5.41, 5.74) is 2.09. The number of amides is 2. The lowest BCUT2D eigenvalue weighted by molar-refractivity contribution is -0.122. The summed E-state index contributed by atoms with van der Waals surface area (Å²) in [6.07, 6.45) is 3.05. The maximum atomic E-state index is 11.4. The van der Waals surface area contributed by atoms with E-state index >= 15 is 0 Å². The molecule has 6 heteroatoms. The standard InChI is InChI=1S/C11H24N4O2/c1-3-7-13-11(17)9-15(2)8-5-4-6-10(16)14-12/h3-9,12H2,1-2H3,(H,13,17)(H,14,16). The van der Waals surface area contributed by atoms with Crippen LogP contribution in [0.25, 0.3) is 0 Å². The van der Waals surface area contributed by atoms with E-state index in [-0.39, 0.29) is 11.8 Å². The third-order valence-electron chi connectivity index (χ3n) is 2.34. The molecule has 0 heterocycles. The van der Waals surface area contributed by atoms with Crippen molar-refractivity contribution < 1.29 is 9.59 Å². The average molecular weight is 244 g/mol. The van der Waals surface area contributed by atoms with Crippen LogP contribution in [0, 0.1) is 0 Å². The van der Waals surface area contributed by atoms with E-state index in [0.29, 0.717) is 13.0 Å². The number of hydrogen-bond acceptors (Lipinski definition) is 4. The van der Waals surface area contributed by atoms with E-state index in [1.165, 1.54) is 0 Å². The molecule has 0 saturated heterocycles. The summed E-state index contributed by atoms with van der Waals surface area (Å²) in [5.74, 6) is 4.87. The SMILES string of the molecule is CCCNC(=O)CN(C)CCCCC(=O)NN. The molecule has 0 radical (unpaired) electrons. The van der Waals surface area contributed by atoms with E-state index in [2.05, 4.69) is 10.7 Å². The van der Waals surface area contributed by atoms with Crippen LogP contribution < -0.4 is 16.6 Å². The summed E-state index contributed by atoms with van der Waals surface area (Å²) in [6, 6.07) is 0. The molecule has 0 bridgehead atoms. The number of nitrogens with two attached hydrogens (primary N) is 1. The Morgan fingerprint density at radius 2 is 1.94 bits per heavy atom. The van der Waals surface area contributed by atoms with Gasteiger partial charge in [0.05, 0.1) is 6.54 Å². The summed E-state index contributed by atoms with van der Waals surface area (Å²) in [4.78, 5) is 24.2. The first-order valence-corrected chi connectivity index (χ1v) is 6.04. The highest BCUT2D eigenvalue weighted by Gasteiger charge is 2.05. The molecule has 6 nitrogen and oxygen atoms in total. The van der Waals surface area contributed by atoms with Gasteiger partial charge in [0.1, 0.15) is 0 Å². The molecule has 0 aromatic carbocycles. The maximum Gasteiger partial charge on any atom is 0.234 e. The van der Waals surface area contributed by atoms with Gasteiger partial charge in [-0.25, -0.2) is 5.84 Å². The molecule has 0 rings (SSSR count). The molecule has 17 heavy (non-hydrogen) atoms. The average Bonchev–Trinajstić information content (AvgIpc) is 2.31. The van der Waals surface area contributed by atoms with Gasteiger partial charge in [-0.3, -0.25) is 19.9 Å². The highest BCUT2D eigenvalue weighted by atomic mass is 16.2. The van der Waals surface area contributed by atoms with Gasteiger partial charge in [0.2, 0.25) is 11.8 Å². The third kappa shape index (κ3) is 9.77. The van der Waals surface area contributed by atoms with Crippen LogP contribution >= 0.6 is 0 Å². The fourth-order valence-electron chi connectivity index (χ4n) is 1.38. The monoisotopic (exact) mass is 244 g/mol. The molecule has 100 valence electrons. The van der Waals surface area contributed by atoms with E-state index in [4.69, 9.17) is 5.84 Å². The van der Waals surface area contributed by atoms with Crippen molar-refractivity contribution in [2.75, 3.05) is 26.7 Å². The molecule has 0 unspecified atom stereocenters. The van der Waals surface area contributed by atoms with Crippen LogP contribution in [0.5, 0.6) is 0 Å². The molecule has 0 aliphatic rings. The van der Waals surface area contributed by atoms with Gasteiger partial charge in [0.15, 0.2) is 0 Å². The zero-order chi connectivity index (χ0) is 13.1. The Hall–Kier alpha value is -1.14. The molecule has 2 amide bonds. The zero-order valence-corrected chi connectivity index (χ0v) is 10.8. The molecule has 0 aliphatic heterocycles. The molecule has 0 aliphatic carbocycles. The van der Waals surface area contributed by atoms with Gasteiger partial charge in [-0.1, -0.05) is 6.92 Å². The third-order valence-corrected chi connectivity index (χ3v) is 2.34. The van der Waals surface area contributed by atoms with E-state index in [0.717, 1.165) is 32.4 Å². The fourth-order valence-corrected chi connectivity index (χ4v) is 1.38. The van der Waals surface area contributed by atoms with Crippen LogP contribution in [0.4, 0.5) is 0 Å². The lowest BCUT2D eigenvalue weighted by atomic mass is 10.2. The fraction of sp³-hybridized carbons (Fsp3) is 0.818. The van der Waals surface area contributed by atoms with E-state index in [9.17, 15) is 9.59 Å². The number of hydrazine groups is 1. The summed E-state index contributed by atoms with van der Waals surface area (Å²) in [6.45, 7) is 3.95. The Bertz CT molecular complexity index is 234. The van der Waals surface area contributed by atoms with Gasteiger partial charge in [-0.05, 0) is 32.9 Å². The van der Waals surface area contributed by atoms with E-state index in [1.54, 1.807) is 0 Å². The van der Waals surface area contributed by atoms with Gasteiger partial charge in [0, 0.05) is 13.0 Å². The Labute approximate surface area is 103 Å². The highest BCUT2D eigenvalue weighted by molar-refractivity contribution is 5.77. The first-order chi connectivity index (χ1) is 8.10. The van der Waals surface area contributed by atoms with Crippen LogP contribution in [-0.2, 0) is 9.59 Å². The van der Waals surface area contributed by atoms with Crippen molar-refractivity contribution in [3.05, 3.63) is 0 Å². The van der Waals surface area contributed by atoms with Crippen LogP contribution in [0.2, 0.25) is 0 Å². The molecule has 0 atom stereocenters. The molecule has 0 fully saturated rings.